The molecule has 2 aromatic carbocycles. The van der Waals surface area contributed by atoms with E-state index in [2.05, 4.69) is 4.98 Å². The van der Waals surface area contributed by atoms with Crippen molar-refractivity contribution in [1.82, 2.24) is 14.8 Å². The molecule has 0 spiro atoms. The number of methoxy groups -OCH3 is 1. The van der Waals surface area contributed by atoms with Crippen LogP contribution in [0.2, 0.25) is 0 Å². The summed E-state index contributed by atoms with van der Waals surface area (Å²) in [7, 11) is 1.66. The van der Waals surface area contributed by atoms with Gasteiger partial charge in [-0.25, -0.2) is 4.98 Å². The minimum atomic E-state index is -0.562. The largest absolute Gasteiger partial charge is 0.496 e. The van der Waals surface area contributed by atoms with Crippen molar-refractivity contribution >= 4 is 23.2 Å². The van der Waals surface area contributed by atoms with E-state index in [9.17, 15) is 9.59 Å². The zero-order valence-corrected chi connectivity index (χ0v) is 19.4. The Kier molecular flexibility index (Phi) is 6.55. The first kappa shape index (κ1) is 22.0. The van der Waals surface area contributed by atoms with E-state index < -0.39 is 6.04 Å². The zero-order chi connectivity index (χ0) is 22.7. The number of piperazine rings is 1. The number of hydrogen-bond donors (Lipinski definition) is 0. The minimum absolute atomic E-state index is 0.0101. The Bertz CT molecular complexity index is 1130. The Balaban J connectivity index is 1.72. The molecular weight excluding hydrogens is 422 g/mol. The normalized spacial score (nSPS) is 16.3. The fraction of sp³-hybridized carbons (Fsp3) is 0.320. The molecule has 6 nitrogen and oxygen atoms in total. The van der Waals surface area contributed by atoms with Crippen molar-refractivity contribution in [2.45, 2.75) is 26.3 Å². The number of rotatable bonds is 6. The van der Waals surface area contributed by atoms with Gasteiger partial charge < -0.3 is 14.5 Å². The number of aryl methyl sites for hydroxylation is 1. The second-order valence-electron chi connectivity index (χ2n) is 7.76. The maximum atomic E-state index is 13.4. The molecule has 1 unspecified atom stereocenters. The van der Waals surface area contributed by atoms with E-state index in [-0.39, 0.29) is 11.8 Å². The van der Waals surface area contributed by atoms with Gasteiger partial charge in [-0.3, -0.25) is 9.59 Å². The summed E-state index contributed by atoms with van der Waals surface area (Å²) in [6, 6.07) is 15.3. The van der Waals surface area contributed by atoms with Crippen LogP contribution in [0.25, 0.3) is 11.1 Å². The average Bonchev–Trinajstić information content (AvgIpc) is 3.26. The van der Waals surface area contributed by atoms with Crippen molar-refractivity contribution in [2.75, 3.05) is 26.7 Å². The molecule has 0 saturated carbocycles. The van der Waals surface area contributed by atoms with Crippen LogP contribution in [-0.2, 0) is 11.2 Å². The van der Waals surface area contributed by atoms with Crippen LogP contribution in [-0.4, -0.2) is 59.4 Å². The van der Waals surface area contributed by atoms with Gasteiger partial charge in [-0.15, -0.1) is 11.3 Å². The predicted octanol–water partition coefficient (Wildman–Crippen LogP) is 4.04. The lowest BCUT2D eigenvalue weighted by atomic mass is 9.92. The molecule has 32 heavy (non-hydrogen) atoms. The minimum Gasteiger partial charge on any atom is -0.496 e. The number of nitrogens with zero attached hydrogens (tertiary/aromatic N) is 3. The second-order valence-corrected chi connectivity index (χ2v) is 8.62. The molecule has 0 aliphatic carbocycles. The van der Waals surface area contributed by atoms with Crippen LogP contribution in [0.15, 0.2) is 54.0 Å². The van der Waals surface area contributed by atoms with E-state index in [1.54, 1.807) is 17.5 Å². The number of carbonyl (C=O) groups excluding carboxylic acids is 2. The molecule has 0 radical (unpaired) electrons. The van der Waals surface area contributed by atoms with Crippen LogP contribution in [0.1, 0.15) is 27.9 Å². The van der Waals surface area contributed by atoms with Crippen molar-refractivity contribution < 1.29 is 14.3 Å². The molecule has 1 aliphatic rings. The molecule has 0 N–H and O–H groups in total. The first-order chi connectivity index (χ1) is 15.5. The monoisotopic (exact) mass is 449 g/mol. The van der Waals surface area contributed by atoms with E-state index in [4.69, 9.17) is 4.74 Å². The smallest absolute Gasteiger partial charge is 0.266 e. The fourth-order valence-corrected chi connectivity index (χ4v) is 5.02. The van der Waals surface area contributed by atoms with Crippen LogP contribution < -0.4 is 4.74 Å². The summed E-state index contributed by atoms with van der Waals surface area (Å²) in [6.07, 6.45) is 0.438. The first-order valence-corrected chi connectivity index (χ1v) is 11.6. The molecule has 2 heterocycles. The van der Waals surface area contributed by atoms with E-state index in [1.807, 2.05) is 67.3 Å². The van der Waals surface area contributed by atoms with Gasteiger partial charge in [-0.05, 0) is 31.0 Å². The number of likely N-dealkylation sites (N-methyl/N-ethyl adjacent to an activating group) is 1. The van der Waals surface area contributed by atoms with Gasteiger partial charge in [0.2, 0.25) is 5.91 Å². The number of carbonyl (C=O) groups is 2. The van der Waals surface area contributed by atoms with Crippen molar-refractivity contribution in [3.8, 4) is 16.9 Å². The number of hydrogen-bond acceptors (Lipinski definition) is 5. The third kappa shape index (κ3) is 4.12. The highest BCUT2D eigenvalue weighted by Crippen LogP contribution is 2.33. The van der Waals surface area contributed by atoms with E-state index in [0.717, 1.165) is 22.4 Å². The van der Waals surface area contributed by atoms with Gasteiger partial charge >= 0.3 is 0 Å². The Morgan fingerprint density at radius 3 is 2.53 bits per heavy atom. The molecule has 1 fully saturated rings. The number of thiazole rings is 1. The molecule has 1 saturated heterocycles. The van der Waals surface area contributed by atoms with Crippen LogP contribution in [0.5, 0.6) is 5.75 Å². The van der Waals surface area contributed by atoms with Crippen molar-refractivity contribution in [3.05, 3.63) is 70.2 Å². The van der Waals surface area contributed by atoms with Crippen molar-refractivity contribution in [2.24, 2.45) is 0 Å². The predicted molar refractivity (Wildman–Crippen MR) is 126 cm³/mol. The van der Waals surface area contributed by atoms with Gasteiger partial charge in [0.15, 0.2) is 0 Å². The maximum absolute atomic E-state index is 13.4. The molecule has 0 bridgehead atoms. The zero-order valence-electron chi connectivity index (χ0n) is 18.6. The summed E-state index contributed by atoms with van der Waals surface area (Å²) in [4.78, 5) is 35.2. The molecule has 3 aromatic rings. The highest BCUT2D eigenvalue weighted by atomic mass is 32.1. The van der Waals surface area contributed by atoms with Crippen LogP contribution >= 0.6 is 11.3 Å². The molecule has 7 heteroatoms. The summed E-state index contributed by atoms with van der Waals surface area (Å²) >= 11 is 1.33. The summed E-state index contributed by atoms with van der Waals surface area (Å²) in [5.41, 5.74) is 5.37. The average molecular weight is 450 g/mol. The lowest BCUT2D eigenvalue weighted by Crippen LogP contribution is -2.59. The Labute approximate surface area is 192 Å². The standard InChI is InChI=1S/C25H27N3O3S/c1-4-27-13-14-28(25(30)23-17(2)26-16-32-23)21(24(27)29)15-18-9-5-6-10-19(18)20-11-7-8-12-22(20)31-3/h5-12,16,21H,4,13-15H2,1-3H3. The molecule has 1 atom stereocenters. The summed E-state index contributed by atoms with van der Waals surface area (Å²) in [5, 5.41) is 0. The number of ether oxygens (including phenoxy) is 1. The molecule has 2 amide bonds. The van der Waals surface area contributed by atoms with E-state index in [1.165, 1.54) is 11.3 Å². The van der Waals surface area contributed by atoms with Crippen LogP contribution in [0.3, 0.4) is 0 Å². The summed E-state index contributed by atoms with van der Waals surface area (Å²) in [5.74, 6) is 0.649. The number of amides is 2. The van der Waals surface area contributed by atoms with Crippen molar-refractivity contribution in [3.63, 3.8) is 0 Å². The SMILES string of the molecule is CCN1CCN(C(=O)c2scnc2C)C(Cc2ccccc2-c2ccccc2OC)C1=O. The lowest BCUT2D eigenvalue weighted by Gasteiger charge is -2.40. The van der Waals surface area contributed by atoms with Gasteiger partial charge in [0.05, 0.1) is 18.3 Å². The topological polar surface area (TPSA) is 62.7 Å². The highest BCUT2D eigenvalue weighted by Gasteiger charge is 2.38. The summed E-state index contributed by atoms with van der Waals surface area (Å²) in [6.45, 7) is 5.49. The Morgan fingerprint density at radius 2 is 1.84 bits per heavy atom. The van der Waals surface area contributed by atoms with E-state index >= 15 is 0 Å². The van der Waals surface area contributed by atoms with Crippen molar-refractivity contribution in [1.29, 1.82) is 0 Å². The maximum Gasteiger partial charge on any atom is 0.266 e. The molecular formula is C25H27N3O3S. The number of benzene rings is 2. The van der Waals surface area contributed by atoms with Gasteiger partial charge in [0.1, 0.15) is 16.7 Å². The van der Waals surface area contributed by atoms with E-state index in [0.29, 0.717) is 36.6 Å². The summed E-state index contributed by atoms with van der Waals surface area (Å²) < 4.78 is 5.58. The Morgan fingerprint density at radius 1 is 1.12 bits per heavy atom. The van der Waals surface area contributed by atoms with Gasteiger partial charge in [-0.1, -0.05) is 42.5 Å². The van der Waals surface area contributed by atoms with Crippen LogP contribution in [0, 0.1) is 6.92 Å². The van der Waals surface area contributed by atoms with Gasteiger partial charge in [-0.2, -0.15) is 0 Å². The molecule has 1 aromatic heterocycles. The quantitative estimate of drug-likeness (QED) is 0.570. The third-order valence-corrected chi connectivity index (χ3v) is 6.91. The second kappa shape index (κ2) is 9.53. The van der Waals surface area contributed by atoms with Gasteiger partial charge in [0, 0.05) is 31.6 Å². The first-order valence-electron chi connectivity index (χ1n) is 10.8. The third-order valence-electron chi connectivity index (χ3n) is 5.99. The lowest BCUT2D eigenvalue weighted by molar-refractivity contribution is -0.139. The van der Waals surface area contributed by atoms with Crippen LogP contribution in [0.4, 0.5) is 0 Å². The number of para-hydroxylation sites is 1. The molecule has 166 valence electrons. The molecule has 4 rings (SSSR count). The van der Waals surface area contributed by atoms with Gasteiger partial charge in [0.25, 0.3) is 5.91 Å². The number of aromatic nitrogens is 1. The molecule has 1 aliphatic heterocycles. The highest BCUT2D eigenvalue weighted by molar-refractivity contribution is 7.11. The fourth-order valence-electron chi connectivity index (χ4n) is 4.27. The Hall–Kier alpha value is -3.19.